The number of carbonyl (C=O) groups is 1. The Morgan fingerprint density at radius 2 is 1.96 bits per heavy atom. The van der Waals surface area contributed by atoms with Gasteiger partial charge in [0.1, 0.15) is 17.2 Å². The molecule has 0 saturated carbocycles. The first-order valence-corrected chi connectivity index (χ1v) is 7.50. The number of aromatic hydroxyl groups is 1. The third-order valence-electron chi connectivity index (χ3n) is 4.16. The molecule has 0 bridgehead atoms. The molecule has 24 heavy (non-hydrogen) atoms. The van der Waals surface area contributed by atoms with Gasteiger partial charge in [0, 0.05) is 11.1 Å². The number of nitrogens with one attached hydrogen (secondary N) is 2. The first kappa shape index (κ1) is 14.3. The number of hydrogen-bond donors (Lipinski definition) is 3. The fourth-order valence-electron chi connectivity index (χ4n) is 3.00. The third kappa shape index (κ3) is 2.20. The molecule has 0 spiro atoms. The molecule has 4 rings (SSSR count). The third-order valence-corrected chi connectivity index (χ3v) is 4.16. The monoisotopic (exact) mass is 321 g/mol. The zero-order chi connectivity index (χ0) is 16.7. The van der Waals surface area contributed by atoms with Crippen LogP contribution in [0, 0.1) is 0 Å². The highest BCUT2D eigenvalue weighted by Crippen LogP contribution is 2.37. The van der Waals surface area contributed by atoms with Crippen molar-refractivity contribution in [3.8, 4) is 22.8 Å². The lowest BCUT2D eigenvalue weighted by atomic mass is 9.96. The van der Waals surface area contributed by atoms with Gasteiger partial charge in [0.2, 0.25) is 0 Å². The molecule has 1 atom stereocenters. The van der Waals surface area contributed by atoms with Crippen molar-refractivity contribution in [1.82, 2.24) is 15.5 Å². The quantitative estimate of drug-likeness (QED) is 0.692. The second-order valence-electron chi connectivity index (χ2n) is 5.59. The molecule has 0 aliphatic carbocycles. The zero-order valence-corrected chi connectivity index (χ0v) is 12.9. The minimum absolute atomic E-state index is 0.157. The molecule has 1 aromatic heterocycles. The summed E-state index contributed by atoms with van der Waals surface area (Å²) < 4.78 is 5.18. The van der Waals surface area contributed by atoms with E-state index >= 15 is 0 Å². The summed E-state index contributed by atoms with van der Waals surface area (Å²) in [4.78, 5) is 12.2. The van der Waals surface area contributed by atoms with Crippen LogP contribution in [0.25, 0.3) is 11.3 Å². The van der Waals surface area contributed by atoms with Crippen LogP contribution in [0.4, 0.5) is 0 Å². The van der Waals surface area contributed by atoms with E-state index in [-0.39, 0.29) is 17.7 Å². The van der Waals surface area contributed by atoms with E-state index in [2.05, 4.69) is 15.5 Å². The Kier molecular flexibility index (Phi) is 3.23. The van der Waals surface area contributed by atoms with Gasteiger partial charge < -0.3 is 15.2 Å². The van der Waals surface area contributed by atoms with Crippen LogP contribution in [0.3, 0.4) is 0 Å². The number of carbonyl (C=O) groups excluding carboxylic acids is 1. The van der Waals surface area contributed by atoms with E-state index in [0.717, 1.165) is 22.4 Å². The molecule has 0 fully saturated rings. The van der Waals surface area contributed by atoms with Crippen molar-refractivity contribution in [2.45, 2.75) is 6.04 Å². The molecule has 3 aromatic rings. The number of amides is 1. The van der Waals surface area contributed by atoms with Crippen molar-refractivity contribution >= 4 is 5.91 Å². The van der Waals surface area contributed by atoms with Crippen molar-refractivity contribution in [2.24, 2.45) is 0 Å². The van der Waals surface area contributed by atoms with Crippen molar-refractivity contribution < 1.29 is 14.6 Å². The van der Waals surface area contributed by atoms with Gasteiger partial charge in [-0.25, -0.2) is 0 Å². The molecule has 6 heteroatoms. The number of H-pyrrole nitrogens is 1. The van der Waals surface area contributed by atoms with Crippen LogP contribution in [0.1, 0.15) is 27.7 Å². The molecule has 2 aromatic carbocycles. The van der Waals surface area contributed by atoms with E-state index < -0.39 is 0 Å². The first-order valence-electron chi connectivity index (χ1n) is 7.50. The van der Waals surface area contributed by atoms with E-state index in [0.29, 0.717) is 11.4 Å². The minimum atomic E-state index is -0.351. The molecule has 3 N–H and O–H groups in total. The Bertz CT molecular complexity index is 916. The van der Waals surface area contributed by atoms with Gasteiger partial charge in [0.25, 0.3) is 5.91 Å². The Morgan fingerprint density at radius 1 is 1.17 bits per heavy atom. The molecule has 1 aliphatic heterocycles. The van der Waals surface area contributed by atoms with Crippen LogP contribution in [0.15, 0.2) is 48.5 Å². The van der Waals surface area contributed by atoms with E-state index in [9.17, 15) is 9.90 Å². The topological polar surface area (TPSA) is 87.2 Å². The summed E-state index contributed by atoms with van der Waals surface area (Å²) in [6, 6.07) is 14.0. The number of phenols is 1. The highest BCUT2D eigenvalue weighted by atomic mass is 16.5. The van der Waals surface area contributed by atoms with Crippen molar-refractivity contribution in [3.63, 3.8) is 0 Å². The highest BCUT2D eigenvalue weighted by Gasteiger charge is 2.35. The average Bonchev–Trinajstić information content (AvgIpc) is 3.17. The average molecular weight is 321 g/mol. The number of rotatable bonds is 3. The van der Waals surface area contributed by atoms with Gasteiger partial charge >= 0.3 is 0 Å². The lowest BCUT2D eigenvalue weighted by Gasteiger charge is -2.13. The number of aromatic amines is 1. The lowest BCUT2D eigenvalue weighted by Crippen LogP contribution is -2.21. The number of benzene rings is 2. The van der Waals surface area contributed by atoms with Crippen LogP contribution in [-0.2, 0) is 0 Å². The van der Waals surface area contributed by atoms with Gasteiger partial charge in [0.15, 0.2) is 0 Å². The van der Waals surface area contributed by atoms with Crippen molar-refractivity contribution in [3.05, 3.63) is 65.4 Å². The molecule has 6 nitrogen and oxygen atoms in total. The van der Waals surface area contributed by atoms with Crippen LogP contribution in [0.5, 0.6) is 11.5 Å². The van der Waals surface area contributed by atoms with Gasteiger partial charge in [0.05, 0.1) is 18.8 Å². The predicted molar refractivity (Wildman–Crippen MR) is 88.0 cm³/mol. The van der Waals surface area contributed by atoms with E-state index in [1.54, 1.807) is 25.3 Å². The van der Waals surface area contributed by atoms with Gasteiger partial charge in [-0.05, 0) is 42.0 Å². The maximum absolute atomic E-state index is 12.2. The lowest BCUT2D eigenvalue weighted by molar-refractivity contribution is 0.0955. The maximum atomic E-state index is 12.2. The number of aromatic nitrogens is 2. The normalized spacial score (nSPS) is 15.9. The van der Waals surface area contributed by atoms with Gasteiger partial charge in [-0.1, -0.05) is 12.1 Å². The standard InChI is InChI=1S/C18H15N3O3/c1-24-13-7-5-10(6-8-13)16-14-15(11-3-2-4-12(22)9-11)19-18(23)17(14)21-20-16/h2-9,15,22H,1H3,(H,19,23)(H,20,21). The smallest absolute Gasteiger partial charge is 0.270 e. The van der Waals surface area contributed by atoms with Crippen molar-refractivity contribution in [2.75, 3.05) is 7.11 Å². The molecule has 1 unspecified atom stereocenters. The highest BCUT2D eigenvalue weighted by molar-refractivity contribution is 6.00. The summed E-state index contributed by atoms with van der Waals surface area (Å²) in [6.07, 6.45) is 0. The van der Waals surface area contributed by atoms with Gasteiger partial charge in [-0.15, -0.1) is 0 Å². The van der Waals surface area contributed by atoms with Crippen LogP contribution < -0.4 is 10.1 Å². The summed E-state index contributed by atoms with van der Waals surface area (Å²) >= 11 is 0. The summed E-state index contributed by atoms with van der Waals surface area (Å²) in [5.41, 5.74) is 3.64. The number of fused-ring (bicyclic) bond motifs is 1. The van der Waals surface area contributed by atoms with E-state index in [4.69, 9.17) is 4.74 Å². The Morgan fingerprint density at radius 3 is 2.67 bits per heavy atom. The zero-order valence-electron chi connectivity index (χ0n) is 12.9. The van der Waals surface area contributed by atoms with Gasteiger partial charge in [-0.2, -0.15) is 5.10 Å². The molecule has 120 valence electrons. The Balaban J connectivity index is 1.82. The summed E-state index contributed by atoms with van der Waals surface area (Å²) in [7, 11) is 1.61. The Labute approximate surface area is 138 Å². The van der Waals surface area contributed by atoms with Crippen molar-refractivity contribution in [1.29, 1.82) is 0 Å². The molecule has 2 heterocycles. The summed E-state index contributed by atoms with van der Waals surface area (Å²) in [6.45, 7) is 0. The number of methoxy groups -OCH3 is 1. The van der Waals surface area contributed by atoms with Crippen LogP contribution >= 0.6 is 0 Å². The molecule has 0 radical (unpaired) electrons. The molecular formula is C18H15N3O3. The van der Waals surface area contributed by atoms with Crippen LogP contribution in [-0.4, -0.2) is 28.3 Å². The van der Waals surface area contributed by atoms with Crippen LogP contribution in [0.2, 0.25) is 0 Å². The second kappa shape index (κ2) is 5.42. The molecular weight excluding hydrogens is 306 g/mol. The van der Waals surface area contributed by atoms with Gasteiger partial charge in [-0.3, -0.25) is 9.89 Å². The first-order chi connectivity index (χ1) is 11.7. The fourth-order valence-corrected chi connectivity index (χ4v) is 3.00. The minimum Gasteiger partial charge on any atom is -0.508 e. The largest absolute Gasteiger partial charge is 0.508 e. The fraction of sp³-hybridized carbons (Fsp3) is 0.111. The van der Waals surface area contributed by atoms with E-state index in [1.165, 1.54) is 0 Å². The number of phenolic OH excluding ortho intramolecular Hbond substituents is 1. The van der Waals surface area contributed by atoms with E-state index in [1.807, 2.05) is 30.3 Å². The molecule has 1 aliphatic rings. The summed E-state index contributed by atoms with van der Waals surface area (Å²) in [5.74, 6) is 0.708. The summed E-state index contributed by atoms with van der Waals surface area (Å²) in [5, 5.41) is 19.8. The predicted octanol–water partition coefficient (Wildman–Crippen LogP) is 2.62. The molecule has 1 amide bonds. The maximum Gasteiger partial charge on any atom is 0.270 e. The number of ether oxygens (including phenoxy) is 1. The second-order valence-corrected chi connectivity index (χ2v) is 5.59. The number of nitrogens with zero attached hydrogens (tertiary/aromatic N) is 1. The number of hydrogen-bond acceptors (Lipinski definition) is 4. The molecule has 0 saturated heterocycles. The Hall–Kier alpha value is -3.28. The SMILES string of the molecule is COc1ccc(-c2n[nH]c3c2C(c2cccc(O)c2)NC3=O)cc1.